The molecule has 1 atom stereocenters. The standard InChI is InChI=1S/C24H31N3O4/c1-24(2)16-26(15-17-5-4-10-25-14-17)21-7-6-19(13-20(21)24)22(27(30-3)23(28)29)18-8-11-31-12-9-18/h4-7,10,13-14,18,22H,8-9,11-12,15-16H2,1-3H3,(H,28,29). The highest BCUT2D eigenvalue weighted by molar-refractivity contribution is 5.66. The van der Waals surface area contributed by atoms with Crippen LogP contribution in [0.4, 0.5) is 10.5 Å². The van der Waals surface area contributed by atoms with Crippen molar-refractivity contribution >= 4 is 11.8 Å². The van der Waals surface area contributed by atoms with Crippen LogP contribution in [0.3, 0.4) is 0 Å². The Morgan fingerprint density at radius 2 is 2.13 bits per heavy atom. The lowest BCUT2D eigenvalue weighted by molar-refractivity contribution is -0.153. The summed E-state index contributed by atoms with van der Waals surface area (Å²) < 4.78 is 5.52. The number of hydroxylamine groups is 2. The summed E-state index contributed by atoms with van der Waals surface area (Å²) in [6.45, 7) is 7.48. The van der Waals surface area contributed by atoms with E-state index in [2.05, 4.69) is 48.0 Å². The summed E-state index contributed by atoms with van der Waals surface area (Å²) in [5.41, 5.74) is 4.54. The maximum Gasteiger partial charge on any atom is 0.432 e. The monoisotopic (exact) mass is 425 g/mol. The van der Waals surface area contributed by atoms with E-state index >= 15 is 0 Å². The minimum absolute atomic E-state index is 0.0467. The van der Waals surface area contributed by atoms with Gasteiger partial charge in [0.05, 0.1) is 13.2 Å². The van der Waals surface area contributed by atoms with Crippen molar-refractivity contribution in [3.05, 3.63) is 59.4 Å². The molecule has 1 saturated heterocycles. The van der Waals surface area contributed by atoms with E-state index in [4.69, 9.17) is 9.57 Å². The van der Waals surface area contributed by atoms with E-state index < -0.39 is 6.09 Å². The van der Waals surface area contributed by atoms with E-state index in [0.717, 1.165) is 36.6 Å². The van der Waals surface area contributed by atoms with Crippen molar-refractivity contribution in [2.75, 3.05) is 31.8 Å². The van der Waals surface area contributed by atoms with E-state index in [1.807, 2.05) is 12.3 Å². The number of carbonyl (C=O) groups is 1. The number of nitrogens with zero attached hydrogens (tertiary/aromatic N) is 3. The van der Waals surface area contributed by atoms with Gasteiger partial charge in [0.2, 0.25) is 0 Å². The van der Waals surface area contributed by atoms with Crippen molar-refractivity contribution in [3.8, 4) is 0 Å². The summed E-state index contributed by atoms with van der Waals surface area (Å²) in [5, 5.41) is 10.9. The van der Waals surface area contributed by atoms with Gasteiger partial charge in [-0.1, -0.05) is 32.0 Å². The predicted octanol–water partition coefficient (Wildman–Crippen LogP) is 4.39. The number of ether oxygens (including phenoxy) is 1. The number of fused-ring (bicyclic) bond motifs is 1. The molecule has 3 heterocycles. The molecule has 2 aliphatic heterocycles. The van der Waals surface area contributed by atoms with Crippen LogP contribution >= 0.6 is 0 Å². The molecule has 1 aromatic carbocycles. The lowest BCUT2D eigenvalue weighted by Gasteiger charge is -2.36. The molecule has 0 bridgehead atoms. The maximum atomic E-state index is 12.0. The van der Waals surface area contributed by atoms with Crippen molar-refractivity contribution in [1.29, 1.82) is 0 Å². The molecule has 1 fully saturated rings. The number of carboxylic acid groups (broad SMARTS) is 1. The highest BCUT2D eigenvalue weighted by Gasteiger charge is 2.39. The highest BCUT2D eigenvalue weighted by Crippen LogP contribution is 2.44. The molecule has 31 heavy (non-hydrogen) atoms. The zero-order valence-corrected chi connectivity index (χ0v) is 18.5. The molecule has 1 amide bonds. The number of anilines is 1. The van der Waals surface area contributed by atoms with E-state index in [-0.39, 0.29) is 17.4 Å². The Kier molecular flexibility index (Phi) is 6.16. The van der Waals surface area contributed by atoms with Crippen LogP contribution in [-0.4, -0.2) is 48.1 Å². The zero-order chi connectivity index (χ0) is 22.0. The van der Waals surface area contributed by atoms with Crippen LogP contribution in [0, 0.1) is 5.92 Å². The quantitative estimate of drug-likeness (QED) is 0.692. The Bertz CT molecular complexity index is 912. The fourth-order valence-electron chi connectivity index (χ4n) is 5.00. The van der Waals surface area contributed by atoms with E-state index in [0.29, 0.717) is 13.2 Å². The lowest BCUT2D eigenvalue weighted by Crippen LogP contribution is -2.39. The van der Waals surface area contributed by atoms with E-state index in [9.17, 15) is 9.90 Å². The normalized spacial score (nSPS) is 19.1. The number of aromatic nitrogens is 1. The van der Waals surface area contributed by atoms with Gasteiger partial charge in [-0.05, 0) is 47.6 Å². The van der Waals surface area contributed by atoms with Gasteiger partial charge in [-0.15, -0.1) is 0 Å². The molecular weight excluding hydrogens is 394 g/mol. The van der Waals surface area contributed by atoms with Gasteiger partial charge in [-0.2, -0.15) is 5.06 Å². The molecule has 0 spiro atoms. The maximum absolute atomic E-state index is 12.0. The Balaban J connectivity index is 1.69. The average Bonchev–Trinajstić information content (AvgIpc) is 3.02. The summed E-state index contributed by atoms with van der Waals surface area (Å²) in [5.74, 6) is 0.152. The van der Waals surface area contributed by atoms with Gasteiger partial charge in [0.25, 0.3) is 0 Å². The van der Waals surface area contributed by atoms with E-state index in [1.165, 1.54) is 23.9 Å². The third-order valence-electron chi connectivity index (χ3n) is 6.46. The number of pyridine rings is 1. The smallest absolute Gasteiger partial charge is 0.432 e. The van der Waals surface area contributed by atoms with Gasteiger partial charge in [-0.3, -0.25) is 9.82 Å². The fourth-order valence-corrected chi connectivity index (χ4v) is 5.00. The summed E-state index contributed by atoms with van der Waals surface area (Å²) in [4.78, 5) is 23.9. The number of amides is 1. The Morgan fingerprint density at radius 1 is 1.35 bits per heavy atom. The molecule has 0 saturated carbocycles. The predicted molar refractivity (Wildman–Crippen MR) is 118 cm³/mol. The van der Waals surface area contributed by atoms with Gasteiger partial charge in [0, 0.05) is 49.8 Å². The molecule has 1 aromatic heterocycles. The molecule has 0 radical (unpaired) electrons. The zero-order valence-electron chi connectivity index (χ0n) is 18.5. The van der Waals surface area contributed by atoms with Gasteiger partial charge < -0.3 is 14.7 Å². The number of hydrogen-bond donors (Lipinski definition) is 1. The molecule has 1 unspecified atom stereocenters. The first-order valence-corrected chi connectivity index (χ1v) is 10.8. The van der Waals surface area contributed by atoms with Crippen LogP contribution in [0.1, 0.15) is 49.4 Å². The number of rotatable bonds is 6. The molecule has 7 heteroatoms. The molecule has 2 aliphatic rings. The molecule has 166 valence electrons. The fraction of sp³-hybridized carbons (Fsp3) is 0.500. The Morgan fingerprint density at radius 3 is 2.77 bits per heavy atom. The van der Waals surface area contributed by atoms with Crippen molar-refractivity contribution in [2.45, 2.75) is 44.7 Å². The molecular formula is C24H31N3O4. The first-order chi connectivity index (χ1) is 14.9. The largest absolute Gasteiger partial charge is 0.463 e. The Hall–Kier alpha value is -2.64. The lowest BCUT2D eigenvalue weighted by atomic mass is 9.82. The van der Waals surface area contributed by atoms with Crippen LogP contribution in [0.5, 0.6) is 0 Å². The first-order valence-electron chi connectivity index (χ1n) is 10.8. The molecule has 4 rings (SSSR count). The second kappa shape index (κ2) is 8.85. The van der Waals surface area contributed by atoms with Crippen molar-refractivity contribution < 1.29 is 19.5 Å². The number of benzene rings is 1. The minimum atomic E-state index is -1.07. The third kappa shape index (κ3) is 4.38. The van der Waals surface area contributed by atoms with Crippen LogP contribution < -0.4 is 4.90 Å². The molecule has 7 nitrogen and oxygen atoms in total. The number of hydrogen-bond acceptors (Lipinski definition) is 5. The second-order valence-corrected chi connectivity index (χ2v) is 9.06. The van der Waals surface area contributed by atoms with Crippen LogP contribution in [0.2, 0.25) is 0 Å². The topological polar surface area (TPSA) is 75.1 Å². The van der Waals surface area contributed by atoms with Crippen LogP contribution in [0.25, 0.3) is 0 Å². The van der Waals surface area contributed by atoms with Gasteiger partial charge in [-0.25, -0.2) is 4.79 Å². The summed E-state index contributed by atoms with van der Waals surface area (Å²) in [7, 11) is 1.42. The van der Waals surface area contributed by atoms with Crippen molar-refractivity contribution in [3.63, 3.8) is 0 Å². The molecule has 2 aromatic rings. The van der Waals surface area contributed by atoms with E-state index in [1.54, 1.807) is 6.20 Å². The SMILES string of the molecule is CON(C(=O)O)C(c1ccc2c(c1)C(C)(C)CN2Cc1cccnc1)C1CCOCC1. The van der Waals surface area contributed by atoms with Crippen LogP contribution in [-0.2, 0) is 21.5 Å². The molecule has 1 N–H and O–H groups in total. The van der Waals surface area contributed by atoms with Gasteiger partial charge >= 0.3 is 6.09 Å². The van der Waals surface area contributed by atoms with Gasteiger partial charge in [0.15, 0.2) is 0 Å². The second-order valence-electron chi connectivity index (χ2n) is 9.06. The minimum Gasteiger partial charge on any atom is -0.463 e. The molecule has 0 aliphatic carbocycles. The highest BCUT2D eigenvalue weighted by atomic mass is 16.7. The first kappa shape index (κ1) is 21.6. The Labute approximate surface area is 183 Å². The van der Waals surface area contributed by atoms with Crippen molar-refractivity contribution in [2.24, 2.45) is 5.92 Å². The summed E-state index contributed by atoms with van der Waals surface area (Å²) >= 11 is 0. The van der Waals surface area contributed by atoms with Crippen LogP contribution in [0.15, 0.2) is 42.7 Å². The summed E-state index contributed by atoms with van der Waals surface area (Å²) in [6, 6.07) is 10.1. The summed E-state index contributed by atoms with van der Waals surface area (Å²) in [6.07, 6.45) is 4.25. The van der Waals surface area contributed by atoms with Gasteiger partial charge in [0.1, 0.15) is 0 Å². The third-order valence-corrected chi connectivity index (χ3v) is 6.46. The van der Waals surface area contributed by atoms with Crippen molar-refractivity contribution in [1.82, 2.24) is 10.0 Å². The average molecular weight is 426 g/mol.